The Bertz CT molecular complexity index is 820. The maximum absolute atomic E-state index is 12.1. The minimum Gasteiger partial charge on any atom is -0.490 e. The fourth-order valence-electron chi connectivity index (χ4n) is 2.34. The standard InChI is InChI=1S/C20H20F2N2O4/c1-2-26-18-11-15(12-23)5-8-17(18)27-13-19(25)24-10-9-14-3-6-16(7-4-14)28-20(21)22/h3-8,11,20H,2,9-10,13H2,1H3,(H,24,25). The molecule has 0 heterocycles. The van der Waals surface area contributed by atoms with E-state index in [1.165, 1.54) is 12.1 Å². The van der Waals surface area contributed by atoms with Crippen molar-refractivity contribution in [2.75, 3.05) is 19.8 Å². The SMILES string of the molecule is CCOc1cc(C#N)ccc1OCC(=O)NCCc1ccc(OC(F)F)cc1. The highest BCUT2D eigenvalue weighted by atomic mass is 19.3. The van der Waals surface area contributed by atoms with Gasteiger partial charge in [-0.1, -0.05) is 12.1 Å². The molecule has 0 atom stereocenters. The van der Waals surface area contributed by atoms with Crippen LogP contribution < -0.4 is 19.5 Å². The first kappa shape index (κ1) is 21.0. The van der Waals surface area contributed by atoms with Gasteiger partial charge in [0.05, 0.1) is 18.2 Å². The molecule has 0 saturated carbocycles. The van der Waals surface area contributed by atoms with Gasteiger partial charge in [0.1, 0.15) is 5.75 Å². The van der Waals surface area contributed by atoms with Crippen molar-refractivity contribution in [1.29, 1.82) is 5.26 Å². The van der Waals surface area contributed by atoms with Crippen molar-refractivity contribution in [3.63, 3.8) is 0 Å². The van der Waals surface area contributed by atoms with E-state index in [4.69, 9.17) is 14.7 Å². The Kier molecular flexibility index (Phi) is 8.03. The van der Waals surface area contributed by atoms with E-state index < -0.39 is 6.61 Å². The second kappa shape index (κ2) is 10.7. The number of carbonyl (C=O) groups is 1. The molecule has 0 fully saturated rings. The summed E-state index contributed by atoms with van der Waals surface area (Å²) in [7, 11) is 0. The number of alkyl halides is 2. The molecule has 0 aliphatic carbocycles. The first-order valence-electron chi connectivity index (χ1n) is 8.62. The zero-order valence-electron chi connectivity index (χ0n) is 15.3. The van der Waals surface area contributed by atoms with Gasteiger partial charge in [0.15, 0.2) is 18.1 Å². The number of nitrogens with zero attached hydrogens (tertiary/aromatic N) is 1. The molecule has 0 saturated heterocycles. The van der Waals surface area contributed by atoms with E-state index in [2.05, 4.69) is 10.1 Å². The van der Waals surface area contributed by atoms with Gasteiger partial charge in [-0.15, -0.1) is 0 Å². The summed E-state index contributed by atoms with van der Waals surface area (Å²) in [4.78, 5) is 11.9. The average molecular weight is 390 g/mol. The number of hydrogen-bond acceptors (Lipinski definition) is 5. The van der Waals surface area contributed by atoms with Crippen LogP contribution in [0.1, 0.15) is 18.1 Å². The molecule has 2 rings (SSSR count). The second-order valence-electron chi connectivity index (χ2n) is 5.62. The molecule has 0 aromatic heterocycles. The van der Waals surface area contributed by atoms with Crippen LogP contribution >= 0.6 is 0 Å². The number of rotatable bonds is 10. The number of halogens is 2. The summed E-state index contributed by atoms with van der Waals surface area (Å²) in [5.74, 6) is 0.555. The molecule has 8 heteroatoms. The van der Waals surface area contributed by atoms with Crippen LogP contribution in [0.4, 0.5) is 8.78 Å². The quantitative estimate of drug-likeness (QED) is 0.673. The van der Waals surface area contributed by atoms with E-state index in [-0.39, 0.29) is 18.3 Å². The predicted molar refractivity (Wildman–Crippen MR) is 97.6 cm³/mol. The van der Waals surface area contributed by atoms with Gasteiger partial charge in [0, 0.05) is 12.6 Å². The number of hydrogen-bond donors (Lipinski definition) is 1. The maximum atomic E-state index is 12.1. The Balaban J connectivity index is 1.78. The zero-order valence-corrected chi connectivity index (χ0v) is 15.3. The van der Waals surface area contributed by atoms with Crippen LogP contribution in [-0.2, 0) is 11.2 Å². The van der Waals surface area contributed by atoms with Crippen molar-refractivity contribution in [2.24, 2.45) is 0 Å². The van der Waals surface area contributed by atoms with Gasteiger partial charge in [-0.3, -0.25) is 4.79 Å². The number of ether oxygens (including phenoxy) is 3. The normalized spacial score (nSPS) is 10.2. The van der Waals surface area contributed by atoms with Gasteiger partial charge in [0.25, 0.3) is 5.91 Å². The van der Waals surface area contributed by atoms with Crippen molar-refractivity contribution in [2.45, 2.75) is 20.0 Å². The molecule has 0 unspecified atom stereocenters. The lowest BCUT2D eigenvalue weighted by atomic mass is 10.1. The molecule has 148 valence electrons. The highest BCUT2D eigenvalue weighted by Crippen LogP contribution is 2.28. The third kappa shape index (κ3) is 6.76. The minimum absolute atomic E-state index is 0.0868. The summed E-state index contributed by atoms with van der Waals surface area (Å²) < 4.78 is 39.4. The van der Waals surface area contributed by atoms with Crippen molar-refractivity contribution in [3.05, 3.63) is 53.6 Å². The van der Waals surface area contributed by atoms with E-state index in [1.807, 2.05) is 13.0 Å². The maximum Gasteiger partial charge on any atom is 0.387 e. The Morgan fingerprint density at radius 1 is 1.14 bits per heavy atom. The summed E-state index contributed by atoms with van der Waals surface area (Å²) in [5.41, 5.74) is 1.30. The molecule has 0 radical (unpaired) electrons. The van der Waals surface area contributed by atoms with Crippen LogP contribution in [0.25, 0.3) is 0 Å². The Morgan fingerprint density at radius 2 is 1.89 bits per heavy atom. The number of nitriles is 1. The summed E-state index contributed by atoms with van der Waals surface area (Å²) in [6, 6.07) is 12.9. The summed E-state index contributed by atoms with van der Waals surface area (Å²) in [6.07, 6.45) is 0.530. The number of carbonyl (C=O) groups excluding carboxylic acids is 1. The smallest absolute Gasteiger partial charge is 0.387 e. The Hall–Kier alpha value is -3.34. The largest absolute Gasteiger partial charge is 0.490 e. The lowest BCUT2D eigenvalue weighted by Gasteiger charge is -2.12. The molecule has 28 heavy (non-hydrogen) atoms. The third-order valence-electron chi connectivity index (χ3n) is 3.62. The van der Waals surface area contributed by atoms with E-state index in [0.717, 1.165) is 5.56 Å². The van der Waals surface area contributed by atoms with E-state index in [1.54, 1.807) is 30.3 Å². The van der Waals surface area contributed by atoms with Gasteiger partial charge in [0.2, 0.25) is 0 Å². The molecule has 0 aliphatic rings. The van der Waals surface area contributed by atoms with Gasteiger partial charge in [-0.05, 0) is 43.2 Å². The monoisotopic (exact) mass is 390 g/mol. The van der Waals surface area contributed by atoms with E-state index in [9.17, 15) is 13.6 Å². The molecule has 2 aromatic carbocycles. The van der Waals surface area contributed by atoms with Crippen LogP contribution in [0.5, 0.6) is 17.2 Å². The topological polar surface area (TPSA) is 80.6 Å². The molecular formula is C20H20F2N2O4. The fraction of sp³-hybridized carbons (Fsp3) is 0.300. The van der Waals surface area contributed by atoms with E-state index >= 15 is 0 Å². The lowest BCUT2D eigenvalue weighted by molar-refractivity contribution is -0.123. The summed E-state index contributed by atoms with van der Waals surface area (Å²) >= 11 is 0. The Labute approximate surface area is 161 Å². The summed E-state index contributed by atoms with van der Waals surface area (Å²) in [6.45, 7) is -0.486. The molecule has 0 aliphatic heterocycles. The third-order valence-corrected chi connectivity index (χ3v) is 3.62. The van der Waals surface area contributed by atoms with Crippen LogP contribution in [0.2, 0.25) is 0 Å². The average Bonchev–Trinajstić information content (AvgIpc) is 2.68. The van der Waals surface area contributed by atoms with Crippen LogP contribution in [0, 0.1) is 11.3 Å². The van der Waals surface area contributed by atoms with E-state index in [0.29, 0.717) is 36.6 Å². The van der Waals surface area contributed by atoms with Crippen molar-refractivity contribution < 1.29 is 27.8 Å². The Morgan fingerprint density at radius 3 is 2.54 bits per heavy atom. The van der Waals surface area contributed by atoms with Gasteiger partial charge >= 0.3 is 6.61 Å². The highest BCUT2D eigenvalue weighted by molar-refractivity contribution is 5.77. The van der Waals surface area contributed by atoms with Crippen molar-refractivity contribution in [1.82, 2.24) is 5.32 Å². The molecular weight excluding hydrogens is 370 g/mol. The molecule has 6 nitrogen and oxygen atoms in total. The number of amides is 1. The second-order valence-corrected chi connectivity index (χ2v) is 5.62. The molecule has 1 N–H and O–H groups in total. The van der Waals surface area contributed by atoms with Crippen LogP contribution in [-0.4, -0.2) is 32.3 Å². The highest BCUT2D eigenvalue weighted by Gasteiger charge is 2.09. The first-order chi connectivity index (χ1) is 13.5. The van der Waals surface area contributed by atoms with Gasteiger partial charge in [-0.2, -0.15) is 14.0 Å². The molecule has 0 bridgehead atoms. The van der Waals surface area contributed by atoms with Crippen molar-refractivity contribution in [3.8, 4) is 23.3 Å². The van der Waals surface area contributed by atoms with Crippen LogP contribution in [0.15, 0.2) is 42.5 Å². The van der Waals surface area contributed by atoms with Gasteiger partial charge < -0.3 is 19.5 Å². The minimum atomic E-state index is -2.86. The first-order valence-corrected chi connectivity index (χ1v) is 8.62. The van der Waals surface area contributed by atoms with Gasteiger partial charge in [-0.25, -0.2) is 0 Å². The van der Waals surface area contributed by atoms with Crippen LogP contribution in [0.3, 0.4) is 0 Å². The van der Waals surface area contributed by atoms with Crippen molar-refractivity contribution >= 4 is 5.91 Å². The lowest BCUT2D eigenvalue weighted by Crippen LogP contribution is -2.30. The molecule has 2 aromatic rings. The predicted octanol–water partition coefficient (Wildman–Crippen LogP) is 3.30. The number of nitrogens with one attached hydrogen (secondary N) is 1. The summed E-state index contributed by atoms with van der Waals surface area (Å²) in [5, 5.41) is 11.6. The molecule has 0 spiro atoms. The zero-order chi connectivity index (χ0) is 20.4. The molecule has 1 amide bonds. The number of benzene rings is 2. The fourth-order valence-corrected chi connectivity index (χ4v) is 2.34.